The smallest absolute Gasteiger partial charge is 0.347 e. The summed E-state index contributed by atoms with van der Waals surface area (Å²) < 4.78 is 26.5. The van der Waals surface area contributed by atoms with Crippen molar-refractivity contribution in [1.82, 2.24) is 4.98 Å². The van der Waals surface area contributed by atoms with Crippen LogP contribution in [0.4, 0.5) is 8.78 Å². The number of thiazole rings is 1. The monoisotopic (exact) mass is 297 g/mol. The minimum Gasteiger partial charge on any atom is -0.477 e. The predicted molar refractivity (Wildman–Crippen MR) is 73.1 cm³/mol. The lowest BCUT2D eigenvalue weighted by atomic mass is 9.91. The van der Waals surface area contributed by atoms with Gasteiger partial charge in [-0.1, -0.05) is 20.8 Å². The third kappa shape index (κ3) is 2.85. The first-order valence-corrected chi connectivity index (χ1v) is 6.71. The van der Waals surface area contributed by atoms with Crippen molar-refractivity contribution < 1.29 is 18.7 Å². The molecule has 1 heterocycles. The fourth-order valence-electron chi connectivity index (χ4n) is 1.77. The van der Waals surface area contributed by atoms with Gasteiger partial charge in [0.1, 0.15) is 21.5 Å². The molecule has 0 saturated carbocycles. The van der Waals surface area contributed by atoms with Gasteiger partial charge in [0.2, 0.25) is 0 Å². The van der Waals surface area contributed by atoms with Gasteiger partial charge in [0.25, 0.3) is 0 Å². The molecule has 0 unspecified atom stereocenters. The average molecular weight is 297 g/mol. The molecule has 0 amide bonds. The number of carboxylic acids is 1. The van der Waals surface area contributed by atoms with Gasteiger partial charge in [-0.15, -0.1) is 11.3 Å². The highest BCUT2D eigenvalue weighted by Gasteiger charge is 2.27. The molecule has 0 fully saturated rings. The second-order valence-electron chi connectivity index (χ2n) is 5.41. The van der Waals surface area contributed by atoms with Gasteiger partial charge in [-0.3, -0.25) is 0 Å². The number of nitrogens with zero attached hydrogens (tertiary/aromatic N) is 1. The van der Waals surface area contributed by atoms with Crippen molar-refractivity contribution in [2.75, 3.05) is 0 Å². The maximum Gasteiger partial charge on any atom is 0.347 e. The van der Waals surface area contributed by atoms with Crippen molar-refractivity contribution in [2.45, 2.75) is 26.2 Å². The largest absolute Gasteiger partial charge is 0.477 e. The van der Waals surface area contributed by atoms with Gasteiger partial charge in [0.15, 0.2) is 0 Å². The van der Waals surface area contributed by atoms with Gasteiger partial charge >= 0.3 is 5.97 Å². The SMILES string of the molecule is CC(C)(C)c1nc(-c2cc(F)cc(F)c2)sc1C(=O)O. The van der Waals surface area contributed by atoms with E-state index in [2.05, 4.69) is 4.98 Å². The number of benzene rings is 1. The molecule has 0 aliphatic rings. The molecule has 3 nitrogen and oxygen atoms in total. The molecular weight excluding hydrogens is 284 g/mol. The minimum atomic E-state index is -1.09. The number of carboxylic acid groups (broad SMARTS) is 1. The fourth-order valence-corrected chi connectivity index (χ4v) is 2.88. The molecule has 20 heavy (non-hydrogen) atoms. The van der Waals surface area contributed by atoms with Crippen LogP contribution in [-0.4, -0.2) is 16.1 Å². The Balaban J connectivity index is 2.62. The Kier molecular flexibility index (Phi) is 3.60. The van der Waals surface area contributed by atoms with E-state index >= 15 is 0 Å². The van der Waals surface area contributed by atoms with Crippen LogP contribution in [0.3, 0.4) is 0 Å². The Morgan fingerprint density at radius 3 is 2.15 bits per heavy atom. The maximum absolute atomic E-state index is 13.2. The van der Waals surface area contributed by atoms with Crippen molar-refractivity contribution >= 4 is 17.3 Å². The summed E-state index contributed by atoms with van der Waals surface area (Å²) >= 11 is 0.921. The van der Waals surface area contributed by atoms with E-state index in [9.17, 15) is 18.7 Å². The van der Waals surface area contributed by atoms with E-state index in [4.69, 9.17) is 0 Å². The lowest BCUT2D eigenvalue weighted by Gasteiger charge is -2.16. The number of halogens is 2. The predicted octanol–water partition coefficient (Wildman–Crippen LogP) is 4.08. The molecule has 2 aromatic rings. The van der Waals surface area contributed by atoms with E-state index in [0.717, 1.165) is 29.5 Å². The summed E-state index contributed by atoms with van der Waals surface area (Å²) in [6.45, 7) is 5.51. The molecule has 1 aromatic heterocycles. The van der Waals surface area contributed by atoms with E-state index in [-0.39, 0.29) is 10.4 Å². The van der Waals surface area contributed by atoms with Gasteiger partial charge in [-0.25, -0.2) is 18.6 Å². The van der Waals surface area contributed by atoms with Crippen LogP contribution < -0.4 is 0 Å². The third-order valence-electron chi connectivity index (χ3n) is 2.64. The molecule has 0 bridgehead atoms. The zero-order valence-corrected chi connectivity index (χ0v) is 12.0. The van der Waals surface area contributed by atoms with Crippen LogP contribution in [0.5, 0.6) is 0 Å². The summed E-state index contributed by atoms with van der Waals surface area (Å²) in [5.41, 5.74) is 0.189. The van der Waals surface area contributed by atoms with Gasteiger partial charge in [-0.05, 0) is 12.1 Å². The summed E-state index contributed by atoms with van der Waals surface area (Å²) in [7, 11) is 0. The molecule has 0 saturated heterocycles. The van der Waals surface area contributed by atoms with Crippen LogP contribution in [-0.2, 0) is 5.41 Å². The first kappa shape index (κ1) is 14.6. The quantitative estimate of drug-likeness (QED) is 0.908. The van der Waals surface area contributed by atoms with Gasteiger partial charge in [-0.2, -0.15) is 0 Å². The standard InChI is InChI=1S/C14H13F2NO2S/c1-14(2,3)11-10(13(18)19)20-12(17-11)7-4-8(15)6-9(16)5-7/h4-6H,1-3H3,(H,18,19). The van der Waals surface area contributed by atoms with Gasteiger partial charge in [0, 0.05) is 17.0 Å². The highest BCUT2D eigenvalue weighted by molar-refractivity contribution is 7.17. The van der Waals surface area contributed by atoms with Crippen LogP contribution in [0, 0.1) is 11.6 Å². The zero-order valence-electron chi connectivity index (χ0n) is 11.2. The van der Waals surface area contributed by atoms with Crippen molar-refractivity contribution in [3.63, 3.8) is 0 Å². The van der Waals surface area contributed by atoms with Crippen LogP contribution in [0.1, 0.15) is 36.1 Å². The Morgan fingerprint density at radius 1 is 1.20 bits per heavy atom. The number of hydrogen-bond acceptors (Lipinski definition) is 3. The molecule has 0 atom stereocenters. The lowest BCUT2D eigenvalue weighted by molar-refractivity contribution is 0.0699. The zero-order chi connectivity index (χ0) is 15.1. The second kappa shape index (κ2) is 4.94. The normalized spacial score (nSPS) is 11.7. The molecule has 0 spiro atoms. The second-order valence-corrected chi connectivity index (χ2v) is 6.41. The van der Waals surface area contributed by atoms with Crippen LogP contribution in [0.25, 0.3) is 10.6 Å². The Labute approximate surface area is 118 Å². The fraction of sp³-hybridized carbons (Fsp3) is 0.286. The van der Waals surface area contributed by atoms with Crippen LogP contribution in [0.2, 0.25) is 0 Å². The van der Waals surface area contributed by atoms with E-state index < -0.39 is 23.0 Å². The lowest BCUT2D eigenvalue weighted by Crippen LogP contribution is -2.16. The number of hydrogen-bond donors (Lipinski definition) is 1. The average Bonchev–Trinajstić information content (AvgIpc) is 2.71. The highest BCUT2D eigenvalue weighted by Crippen LogP contribution is 2.34. The Morgan fingerprint density at radius 2 is 1.75 bits per heavy atom. The molecule has 2 rings (SSSR count). The van der Waals surface area contributed by atoms with Crippen molar-refractivity contribution in [3.05, 3.63) is 40.4 Å². The Bertz CT molecular complexity index is 654. The van der Waals surface area contributed by atoms with E-state index in [1.54, 1.807) is 0 Å². The number of carbonyl (C=O) groups is 1. The Hall–Kier alpha value is -1.82. The molecule has 106 valence electrons. The first-order chi connectivity index (χ1) is 9.18. The third-order valence-corrected chi connectivity index (χ3v) is 3.73. The van der Waals surface area contributed by atoms with Gasteiger partial charge < -0.3 is 5.11 Å². The molecular formula is C14H13F2NO2S. The van der Waals surface area contributed by atoms with Crippen molar-refractivity contribution in [1.29, 1.82) is 0 Å². The van der Waals surface area contributed by atoms with Crippen LogP contribution >= 0.6 is 11.3 Å². The molecule has 1 aromatic carbocycles. The van der Waals surface area contributed by atoms with E-state index in [0.29, 0.717) is 10.7 Å². The van der Waals surface area contributed by atoms with Gasteiger partial charge in [0.05, 0.1) is 5.69 Å². The van der Waals surface area contributed by atoms with E-state index in [1.807, 2.05) is 20.8 Å². The summed E-state index contributed by atoms with van der Waals surface area (Å²) in [6, 6.07) is 3.04. The molecule has 1 N–H and O–H groups in total. The molecule has 6 heteroatoms. The van der Waals surface area contributed by atoms with Crippen molar-refractivity contribution in [2.24, 2.45) is 0 Å². The van der Waals surface area contributed by atoms with E-state index in [1.165, 1.54) is 0 Å². The number of aromatic carboxylic acids is 1. The molecule has 0 radical (unpaired) electrons. The number of rotatable bonds is 2. The minimum absolute atomic E-state index is 0.0946. The molecule has 0 aliphatic heterocycles. The summed E-state index contributed by atoms with van der Waals surface area (Å²) in [4.78, 5) is 15.6. The van der Waals surface area contributed by atoms with Crippen molar-refractivity contribution in [3.8, 4) is 10.6 Å². The number of aromatic nitrogens is 1. The van der Waals surface area contributed by atoms with Crippen LogP contribution in [0.15, 0.2) is 18.2 Å². The topological polar surface area (TPSA) is 50.2 Å². The highest BCUT2D eigenvalue weighted by atomic mass is 32.1. The summed E-state index contributed by atoms with van der Waals surface area (Å²) in [5, 5.41) is 9.52. The molecule has 0 aliphatic carbocycles. The first-order valence-electron chi connectivity index (χ1n) is 5.89. The summed E-state index contributed by atoms with van der Waals surface area (Å²) in [6.07, 6.45) is 0. The maximum atomic E-state index is 13.2. The summed E-state index contributed by atoms with van der Waals surface area (Å²) in [5.74, 6) is -2.52.